The topological polar surface area (TPSA) is 49.3 Å². The minimum Gasteiger partial charge on any atom is -0.383 e. The van der Waals surface area contributed by atoms with E-state index in [0.717, 1.165) is 25.7 Å². The van der Waals surface area contributed by atoms with Crippen molar-refractivity contribution in [2.75, 3.05) is 0 Å². The van der Waals surface area contributed by atoms with Crippen molar-refractivity contribution in [3.05, 3.63) is 0 Å². The van der Waals surface area contributed by atoms with Gasteiger partial charge in [-0.15, -0.1) is 0 Å². The number of aliphatic hydroxyl groups is 1. The average Bonchev–Trinajstić information content (AvgIpc) is 2.81. The molecule has 0 heterocycles. The van der Waals surface area contributed by atoms with E-state index in [1.54, 1.807) is 0 Å². The van der Waals surface area contributed by atoms with Gasteiger partial charge in [0.05, 0.1) is 0 Å². The summed E-state index contributed by atoms with van der Waals surface area (Å²) in [6.07, 6.45) is 3.47. The van der Waals surface area contributed by atoms with Gasteiger partial charge in [-0.25, -0.2) is 0 Å². The lowest BCUT2D eigenvalue weighted by atomic mass is 10.2. The first-order valence-electron chi connectivity index (χ1n) is 4.26. The molecule has 3 heteroatoms. The molecule has 0 saturated heterocycles. The number of carbonyl (C=O) groups excluding carboxylic acids is 1. The molecule has 2 N–H and O–H groups in total. The fourth-order valence-corrected chi connectivity index (χ4v) is 1.14. The van der Waals surface area contributed by atoms with Crippen LogP contribution >= 0.6 is 0 Å². The molecule has 0 aromatic carbocycles. The summed E-state index contributed by atoms with van der Waals surface area (Å²) in [7, 11) is 0. The number of rotatable bonds is 3. The van der Waals surface area contributed by atoms with Gasteiger partial charge in [-0.1, -0.05) is 0 Å². The Morgan fingerprint density at radius 2 is 2.00 bits per heavy atom. The monoisotopic (exact) mass is 155 g/mol. The number of hydrogen-bond donors (Lipinski definition) is 2. The molecule has 2 aliphatic rings. The van der Waals surface area contributed by atoms with Gasteiger partial charge >= 0.3 is 0 Å². The molecule has 0 spiro atoms. The molecular formula is C8H13NO2. The van der Waals surface area contributed by atoms with Gasteiger partial charge in [0.2, 0.25) is 5.91 Å². The summed E-state index contributed by atoms with van der Waals surface area (Å²) in [6, 6.07) is 0.371. The lowest BCUT2D eigenvalue weighted by Gasteiger charge is -2.08. The largest absolute Gasteiger partial charge is 0.383 e. The Kier molecular flexibility index (Phi) is 1.60. The van der Waals surface area contributed by atoms with E-state index in [2.05, 4.69) is 5.32 Å². The van der Waals surface area contributed by atoms with E-state index in [1.165, 1.54) is 0 Å². The molecule has 3 nitrogen and oxygen atoms in total. The third kappa shape index (κ3) is 1.71. The molecule has 2 rings (SSSR count). The van der Waals surface area contributed by atoms with Gasteiger partial charge in [-0.2, -0.15) is 0 Å². The zero-order valence-corrected chi connectivity index (χ0v) is 6.42. The minimum atomic E-state index is -0.726. The Labute approximate surface area is 65.8 Å². The highest BCUT2D eigenvalue weighted by atomic mass is 16.3. The van der Waals surface area contributed by atoms with E-state index in [9.17, 15) is 9.90 Å². The van der Waals surface area contributed by atoms with Gasteiger partial charge in [-0.3, -0.25) is 4.79 Å². The molecule has 2 fully saturated rings. The first-order valence-corrected chi connectivity index (χ1v) is 4.26. The number of amides is 1. The predicted molar refractivity (Wildman–Crippen MR) is 39.9 cm³/mol. The van der Waals surface area contributed by atoms with Crippen molar-refractivity contribution >= 4 is 5.91 Å². The standard InChI is InChI=1S/C8H13NO2/c10-7(5-1-2-5)8(11)9-6-3-4-6/h5-7,10H,1-4H2,(H,9,11). The molecule has 0 radical (unpaired) electrons. The van der Waals surface area contributed by atoms with E-state index < -0.39 is 6.10 Å². The van der Waals surface area contributed by atoms with Crippen LogP contribution in [0.2, 0.25) is 0 Å². The van der Waals surface area contributed by atoms with Gasteiger partial charge in [0.25, 0.3) is 0 Å². The van der Waals surface area contributed by atoms with Crippen molar-refractivity contribution in [2.45, 2.75) is 37.8 Å². The first kappa shape index (κ1) is 7.10. The van der Waals surface area contributed by atoms with Gasteiger partial charge in [-0.05, 0) is 31.6 Å². The molecule has 62 valence electrons. The minimum absolute atomic E-state index is 0.157. The van der Waals surface area contributed by atoms with Gasteiger partial charge in [0.15, 0.2) is 0 Å². The van der Waals surface area contributed by atoms with Crippen LogP contribution in [0.3, 0.4) is 0 Å². The Morgan fingerprint density at radius 1 is 1.36 bits per heavy atom. The molecule has 0 aromatic heterocycles. The summed E-state index contributed by atoms with van der Waals surface area (Å²) >= 11 is 0. The molecule has 1 amide bonds. The highest BCUT2D eigenvalue weighted by molar-refractivity contribution is 5.81. The van der Waals surface area contributed by atoms with E-state index in [4.69, 9.17) is 0 Å². The molecule has 2 saturated carbocycles. The van der Waals surface area contributed by atoms with Crippen LogP contribution in [-0.4, -0.2) is 23.2 Å². The Balaban J connectivity index is 1.77. The quantitative estimate of drug-likeness (QED) is 0.604. The SMILES string of the molecule is O=C(NC1CC1)C(O)C1CC1. The maximum Gasteiger partial charge on any atom is 0.249 e. The number of hydrogen-bond acceptors (Lipinski definition) is 2. The lowest BCUT2D eigenvalue weighted by Crippen LogP contribution is -2.37. The Morgan fingerprint density at radius 3 is 2.45 bits per heavy atom. The summed E-state index contributed by atoms with van der Waals surface area (Å²) in [5, 5.41) is 12.1. The van der Waals surface area contributed by atoms with Crippen molar-refractivity contribution in [3.8, 4) is 0 Å². The maximum atomic E-state index is 11.1. The van der Waals surface area contributed by atoms with Crippen LogP contribution in [0, 0.1) is 5.92 Å². The van der Waals surface area contributed by atoms with Crippen molar-refractivity contribution in [1.29, 1.82) is 0 Å². The second-order valence-electron chi connectivity index (χ2n) is 3.57. The van der Waals surface area contributed by atoms with Crippen LogP contribution in [0.15, 0.2) is 0 Å². The normalized spacial score (nSPS) is 26.3. The molecule has 11 heavy (non-hydrogen) atoms. The predicted octanol–water partition coefficient (Wildman–Crippen LogP) is 0.0359. The molecular weight excluding hydrogens is 142 g/mol. The zero-order valence-electron chi connectivity index (χ0n) is 6.42. The Hall–Kier alpha value is -0.570. The summed E-state index contributed by atoms with van der Waals surface area (Å²) in [5.74, 6) is 0.101. The zero-order chi connectivity index (χ0) is 7.84. The van der Waals surface area contributed by atoms with Crippen LogP contribution in [0.5, 0.6) is 0 Å². The van der Waals surface area contributed by atoms with Gasteiger partial charge < -0.3 is 10.4 Å². The van der Waals surface area contributed by atoms with Crippen LogP contribution in [0.1, 0.15) is 25.7 Å². The van der Waals surface area contributed by atoms with E-state index in [1.807, 2.05) is 0 Å². The fraction of sp³-hybridized carbons (Fsp3) is 0.875. The summed E-state index contributed by atoms with van der Waals surface area (Å²) in [6.45, 7) is 0. The molecule has 1 unspecified atom stereocenters. The smallest absolute Gasteiger partial charge is 0.249 e. The Bertz CT molecular complexity index is 173. The first-order chi connectivity index (χ1) is 5.27. The fourth-order valence-electron chi connectivity index (χ4n) is 1.14. The third-order valence-electron chi connectivity index (χ3n) is 2.26. The van der Waals surface area contributed by atoms with Gasteiger partial charge in [0, 0.05) is 6.04 Å². The van der Waals surface area contributed by atoms with Crippen molar-refractivity contribution < 1.29 is 9.90 Å². The van der Waals surface area contributed by atoms with Crippen LogP contribution in [0.4, 0.5) is 0 Å². The molecule has 2 aliphatic carbocycles. The maximum absolute atomic E-state index is 11.1. The van der Waals surface area contributed by atoms with Crippen molar-refractivity contribution in [2.24, 2.45) is 5.92 Å². The summed E-state index contributed by atoms with van der Waals surface area (Å²) in [4.78, 5) is 11.1. The third-order valence-corrected chi connectivity index (χ3v) is 2.26. The highest BCUT2D eigenvalue weighted by Crippen LogP contribution is 2.33. The van der Waals surface area contributed by atoms with Crippen molar-refractivity contribution in [3.63, 3.8) is 0 Å². The second-order valence-corrected chi connectivity index (χ2v) is 3.57. The molecule has 0 aliphatic heterocycles. The molecule has 0 bridgehead atoms. The van der Waals surface area contributed by atoms with Crippen LogP contribution in [0.25, 0.3) is 0 Å². The van der Waals surface area contributed by atoms with E-state index in [0.29, 0.717) is 6.04 Å². The van der Waals surface area contributed by atoms with Gasteiger partial charge in [0.1, 0.15) is 6.10 Å². The molecule has 1 atom stereocenters. The number of aliphatic hydroxyl groups excluding tert-OH is 1. The van der Waals surface area contributed by atoms with Crippen LogP contribution in [-0.2, 0) is 4.79 Å². The number of nitrogens with one attached hydrogen (secondary N) is 1. The second kappa shape index (κ2) is 2.48. The molecule has 0 aromatic rings. The van der Waals surface area contributed by atoms with E-state index in [-0.39, 0.29) is 11.8 Å². The average molecular weight is 155 g/mol. The highest BCUT2D eigenvalue weighted by Gasteiger charge is 2.36. The lowest BCUT2D eigenvalue weighted by molar-refractivity contribution is -0.130. The summed E-state index contributed by atoms with van der Waals surface area (Å²) in [5.41, 5.74) is 0. The number of carbonyl (C=O) groups is 1. The van der Waals surface area contributed by atoms with Crippen LogP contribution < -0.4 is 5.32 Å². The summed E-state index contributed by atoms with van der Waals surface area (Å²) < 4.78 is 0. The van der Waals surface area contributed by atoms with Crippen molar-refractivity contribution in [1.82, 2.24) is 5.32 Å². The van der Waals surface area contributed by atoms with E-state index >= 15 is 0 Å².